The molecule has 2 aromatic carbocycles. The van der Waals surface area contributed by atoms with E-state index in [1.54, 1.807) is 12.1 Å². The van der Waals surface area contributed by atoms with Crippen LogP contribution in [0, 0.1) is 22.2 Å². The zero-order valence-corrected chi connectivity index (χ0v) is 36.0. The number of carbonyl (C=O) groups is 5. The maximum Gasteiger partial charge on any atom is 0.416 e. The average Bonchev–Trinajstić information content (AvgIpc) is 4.17. The minimum atomic E-state index is -4.82. The molecule has 3 aliphatic heterocycles. The van der Waals surface area contributed by atoms with Crippen LogP contribution >= 0.6 is 0 Å². The molecule has 22 heteroatoms. The molecule has 5 aliphatic rings. The molecule has 1 aromatic heterocycles. The van der Waals surface area contributed by atoms with E-state index in [1.165, 1.54) is 58.1 Å². The molecule has 362 valence electrons. The summed E-state index contributed by atoms with van der Waals surface area (Å²) < 4.78 is 130. The number of piperidine rings is 1. The van der Waals surface area contributed by atoms with E-state index < -0.39 is 107 Å². The highest BCUT2D eigenvalue weighted by Crippen LogP contribution is 2.60. The lowest BCUT2D eigenvalue weighted by atomic mass is 9.70. The molecule has 3 atom stereocenters. The van der Waals surface area contributed by atoms with Gasteiger partial charge in [0.2, 0.25) is 17.7 Å². The van der Waals surface area contributed by atoms with Crippen molar-refractivity contribution in [1.82, 2.24) is 29.8 Å². The van der Waals surface area contributed by atoms with Crippen LogP contribution in [0.5, 0.6) is 0 Å². The van der Waals surface area contributed by atoms with Gasteiger partial charge in [0.15, 0.2) is 0 Å². The van der Waals surface area contributed by atoms with Crippen LogP contribution in [0.3, 0.4) is 0 Å². The Morgan fingerprint density at radius 3 is 1.96 bits per heavy atom. The number of halogens is 9. The lowest BCUT2D eigenvalue weighted by Crippen LogP contribution is -2.67. The van der Waals surface area contributed by atoms with Gasteiger partial charge < -0.3 is 29.9 Å². The van der Waals surface area contributed by atoms with Crippen molar-refractivity contribution in [2.24, 2.45) is 22.2 Å². The lowest BCUT2D eigenvalue weighted by molar-refractivity contribution is -0.206. The van der Waals surface area contributed by atoms with Gasteiger partial charge in [-0.3, -0.25) is 23.9 Å². The number of alkyl halides is 9. The number of nitrogens with one attached hydrogen (secondary N) is 1. The fraction of sp³-hybridized carbons (Fsp3) is 0.556. The zero-order chi connectivity index (χ0) is 48.5. The van der Waals surface area contributed by atoms with Crippen LogP contribution in [0.2, 0.25) is 0 Å². The summed E-state index contributed by atoms with van der Waals surface area (Å²) in [6.07, 6.45) is -13.1. The molecule has 3 aromatic rings. The fourth-order valence-corrected chi connectivity index (χ4v) is 9.65. The number of aromatic carboxylic acids is 1. The normalized spacial score (nSPS) is 21.9. The summed E-state index contributed by atoms with van der Waals surface area (Å²) in [5.74, 6) is -5.70. The van der Waals surface area contributed by atoms with Gasteiger partial charge in [0.05, 0.1) is 53.5 Å². The standard InChI is InChI=1S/C45H47F9N6O7/c1-26(67-25-41(12-13-41)44(49,50)51)34(37(63)57-16-10-29(11-17-57)28-4-6-30(7-5-28)38(64)65)56-35(61)33-21-58(22-40(33)23-59(24-40)39(66)42(14-15-42)45(52,53)54)36(62)31-18-55-60(20-31)19-27-2-8-32(9-3-27)43(46,47)48/h2-9,18,20,26,29,33-34H,10-17,19,21-25H2,1H3,(H,56,61)(H,64,65)/t26-,33+,34?/m1/s1. The van der Waals surface area contributed by atoms with E-state index >= 15 is 0 Å². The number of aromatic nitrogens is 2. The van der Waals surface area contributed by atoms with Gasteiger partial charge >= 0.3 is 24.5 Å². The van der Waals surface area contributed by atoms with Crippen LogP contribution in [-0.4, -0.2) is 130 Å². The largest absolute Gasteiger partial charge is 0.478 e. The molecule has 13 nitrogen and oxygen atoms in total. The van der Waals surface area contributed by atoms with Gasteiger partial charge in [0.25, 0.3) is 5.91 Å². The molecule has 67 heavy (non-hydrogen) atoms. The summed E-state index contributed by atoms with van der Waals surface area (Å²) in [5.41, 5.74) is -5.45. The Hall–Kier alpha value is -5.67. The quantitative estimate of drug-likeness (QED) is 0.184. The van der Waals surface area contributed by atoms with Crippen molar-refractivity contribution < 1.29 is 73.3 Å². The Bertz CT molecular complexity index is 2380. The van der Waals surface area contributed by atoms with Crippen LogP contribution < -0.4 is 5.32 Å². The number of carbonyl (C=O) groups excluding carboxylic acids is 4. The number of carboxylic acids is 1. The summed E-state index contributed by atoms with van der Waals surface area (Å²) in [4.78, 5) is 71.5. The molecule has 2 N–H and O–H groups in total. The second kappa shape index (κ2) is 17.1. The predicted molar refractivity (Wildman–Crippen MR) is 216 cm³/mol. The van der Waals surface area contributed by atoms with Gasteiger partial charge in [0.1, 0.15) is 11.5 Å². The summed E-state index contributed by atoms with van der Waals surface area (Å²) >= 11 is 0. The third kappa shape index (κ3) is 9.33. The maximum absolute atomic E-state index is 14.6. The van der Waals surface area contributed by atoms with Crippen LogP contribution in [-0.2, 0) is 31.8 Å². The van der Waals surface area contributed by atoms with Crippen molar-refractivity contribution in [1.29, 1.82) is 0 Å². The van der Waals surface area contributed by atoms with Crippen LogP contribution in [0.4, 0.5) is 39.5 Å². The minimum absolute atomic E-state index is 0.0133. The Kier molecular flexibility index (Phi) is 12.2. The Morgan fingerprint density at radius 1 is 0.806 bits per heavy atom. The number of hydrogen-bond donors (Lipinski definition) is 2. The first-order valence-corrected chi connectivity index (χ1v) is 21.8. The first kappa shape index (κ1) is 47.8. The summed E-state index contributed by atoms with van der Waals surface area (Å²) in [6, 6.07) is 9.06. The molecular formula is C45H47F9N6O7. The molecule has 2 aliphatic carbocycles. The SMILES string of the molecule is C[C@@H](OCC1(C(F)(F)F)CC1)C(NC(=O)[C@@H]1CN(C(=O)c2cnn(Cc3ccc(C(F)(F)F)cc3)c2)CC12CN(C(=O)C1(C(F)(F)F)CC1)C2)C(=O)N1CCC(c2ccc(C(=O)O)cc2)CC1. The number of likely N-dealkylation sites (tertiary alicyclic amines) is 3. The second-order valence-electron chi connectivity index (χ2n) is 18.8. The van der Waals surface area contributed by atoms with Gasteiger partial charge in [0, 0.05) is 50.9 Å². The molecule has 0 radical (unpaired) electrons. The van der Waals surface area contributed by atoms with E-state index in [0.717, 1.165) is 22.6 Å². The zero-order valence-electron chi connectivity index (χ0n) is 36.0. The lowest BCUT2D eigenvalue weighted by Gasteiger charge is -2.51. The Morgan fingerprint density at radius 2 is 1.42 bits per heavy atom. The molecule has 4 heterocycles. The number of nitrogens with zero attached hydrogens (tertiary/aromatic N) is 5. The van der Waals surface area contributed by atoms with Gasteiger partial charge in [-0.15, -0.1) is 0 Å². The molecule has 8 rings (SSSR count). The fourth-order valence-electron chi connectivity index (χ4n) is 9.65. The van der Waals surface area contributed by atoms with Crippen LogP contribution in [0.25, 0.3) is 0 Å². The van der Waals surface area contributed by atoms with Crippen molar-refractivity contribution >= 4 is 29.6 Å². The number of hydrogen-bond acceptors (Lipinski definition) is 7. The molecule has 3 saturated heterocycles. The van der Waals surface area contributed by atoms with Crippen LogP contribution in [0.1, 0.15) is 88.8 Å². The van der Waals surface area contributed by atoms with E-state index in [1.807, 2.05) is 0 Å². The van der Waals surface area contributed by atoms with Gasteiger partial charge in [-0.1, -0.05) is 24.3 Å². The van der Waals surface area contributed by atoms with E-state index in [9.17, 15) is 68.6 Å². The molecule has 1 unspecified atom stereocenters. The molecule has 5 fully saturated rings. The van der Waals surface area contributed by atoms with E-state index in [4.69, 9.17) is 4.74 Å². The molecule has 2 saturated carbocycles. The molecular weight excluding hydrogens is 908 g/mol. The highest BCUT2D eigenvalue weighted by Gasteiger charge is 2.72. The number of carboxylic acid groups (broad SMARTS) is 1. The van der Waals surface area contributed by atoms with Crippen molar-refractivity contribution in [2.75, 3.05) is 45.9 Å². The topological polar surface area (TPSA) is 154 Å². The number of benzene rings is 2. The van der Waals surface area contributed by atoms with Crippen molar-refractivity contribution in [3.8, 4) is 0 Å². The third-order valence-corrected chi connectivity index (χ3v) is 14.3. The van der Waals surface area contributed by atoms with Gasteiger partial charge in [-0.25, -0.2) is 4.79 Å². The smallest absolute Gasteiger partial charge is 0.416 e. The van der Waals surface area contributed by atoms with Crippen molar-refractivity contribution in [3.63, 3.8) is 0 Å². The first-order chi connectivity index (χ1) is 31.4. The Labute approximate surface area is 377 Å². The van der Waals surface area contributed by atoms with Crippen LogP contribution in [0.15, 0.2) is 60.9 Å². The van der Waals surface area contributed by atoms with E-state index in [-0.39, 0.29) is 75.7 Å². The van der Waals surface area contributed by atoms with Crippen molar-refractivity contribution in [2.45, 2.75) is 88.6 Å². The highest BCUT2D eigenvalue weighted by atomic mass is 19.4. The molecule has 0 bridgehead atoms. The monoisotopic (exact) mass is 954 g/mol. The van der Waals surface area contributed by atoms with Gasteiger partial charge in [-0.2, -0.15) is 44.6 Å². The third-order valence-electron chi connectivity index (χ3n) is 14.3. The second-order valence-corrected chi connectivity index (χ2v) is 18.8. The number of rotatable bonds is 13. The molecule has 4 amide bonds. The molecule has 1 spiro atoms. The van der Waals surface area contributed by atoms with Gasteiger partial charge in [-0.05, 0) is 86.8 Å². The Balaban J connectivity index is 1.01. The summed E-state index contributed by atoms with van der Waals surface area (Å²) in [6.45, 7) is -0.369. The number of amides is 4. The summed E-state index contributed by atoms with van der Waals surface area (Å²) in [5, 5.41) is 16.1. The van der Waals surface area contributed by atoms with Crippen molar-refractivity contribution in [3.05, 3.63) is 88.7 Å². The number of ether oxygens (including phenoxy) is 1. The minimum Gasteiger partial charge on any atom is -0.478 e. The van der Waals surface area contributed by atoms with E-state index in [0.29, 0.717) is 18.4 Å². The highest BCUT2D eigenvalue weighted by molar-refractivity contribution is 5.96. The predicted octanol–water partition coefficient (Wildman–Crippen LogP) is 6.53. The first-order valence-electron chi connectivity index (χ1n) is 21.8. The summed E-state index contributed by atoms with van der Waals surface area (Å²) in [7, 11) is 0. The maximum atomic E-state index is 14.6. The average molecular weight is 955 g/mol. The van der Waals surface area contributed by atoms with E-state index in [2.05, 4.69) is 10.4 Å².